The van der Waals surface area contributed by atoms with E-state index < -0.39 is 5.91 Å². The van der Waals surface area contributed by atoms with Crippen LogP contribution in [-0.2, 0) is 11.8 Å². The number of carbonyl (C=O) groups excluding carboxylic acids is 2. The van der Waals surface area contributed by atoms with Crippen LogP contribution in [0.25, 0.3) is 27.7 Å². The van der Waals surface area contributed by atoms with Gasteiger partial charge in [0.15, 0.2) is 5.65 Å². The van der Waals surface area contributed by atoms with Crippen molar-refractivity contribution in [2.75, 3.05) is 57.3 Å². The van der Waals surface area contributed by atoms with Crippen molar-refractivity contribution in [3.63, 3.8) is 0 Å². The zero-order chi connectivity index (χ0) is 28.0. The number of carbonyl (C=O) groups is 2. The normalized spacial score (nSPS) is 16.4. The van der Waals surface area contributed by atoms with Crippen LogP contribution in [0.3, 0.4) is 0 Å². The van der Waals surface area contributed by atoms with Gasteiger partial charge in [0.25, 0.3) is 5.91 Å². The Balaban J connectivity index is 1.49. The lowest BCUT2D eigenvalue weighted by Gasteiger charge is -2.35. The van der Waals surface area contributed by atoms with Gasteiger partial charge in [-0.05, 0) is 55.8 Å². The Kier molecular flexibility index (Phi) is 6.75. The van der Waals surface area contributed by atoms with Gasteiger partial charge in [0.05, 0.1) is 16.4 Å². The lowest BCUT2D eigenvalue weighted by molar-refractivity contribution is -0.129. The minimum Gasteiger partial charge on any atom is -0.353 e. The first-order chi connectivity index (χ1) is 19.4. The van der Waals surface area contributed by atoms with Crippen LogP contribution in [-0.4, -0.2) is 94.1 Å². The van der Waals surface area contributed by atoms with Gasteiger partial charge in [-0.15, -0.1) is 0 Å². The van der Waals surface area contributed by atoms with E-state index in [1.807, 2.05) is 45.2 Å². The van der Waals surface area contributed by atoms with Crippen LogP contribution in [0.5, 0.6) is 0 Å². The molecular weight excluding hydrogens is 508 g/mol. The third kappa shape index (κ3) is 4.40. The van der Waals surface area contributed by atoms with Crippen LogP contribution in [0.1, 0.15) is 35.7 Å². The molecule has 208 valence electrons. The van der Waals surface area contributed by atoms with Gasteiger partial charge in [-0.3, -0.25) is 18.8 Å². The molecule has 1 aromatic carbocycles. The molecule has 5 heterocycles. The predicted octanol–water partition coefficient (Wildman–Crippen LogP) is 1.83. The molecule has 11 heteroatoms. The van der Waals surface area contributed by atoms with Crippen LogP contribution in [0.15, 0.2) is 35.1 Å². The van der Waals surface area contributed by atoms with Gasteiger partial charge in [0.1, 0.15) is 17.0 Å². The zero-order valence-electron chi connectivity index (χ0n) is 22.9. The smallest absolute Gasteiger partial charge is 0.259 e. The minimum absolute atomic E-state index is 0.0587. The van der Waals surface area contributed by atoms with Gasteiger partial charge < -0.3 is 30.0 Å². The SMILES string of the molecule is CC(=O)N1CCN(c2ccc3c(=O)c(C(=O)NCCN4CCCC4)c4n(C)c5ccc(C=N)cc5n4c3n2)CC1. The summed E-state index contributed by atoms with van der Waals surface area (Å²) < 4.78 is 3.74. The monoisotopic (exact) mass is 542 g/mol. The number of imidazole rings is 1. The van der Waals surface area contributed by atoms with Gasteiger partial charge in [-0.1, -0.05) is 6.07 Å². The Bertz CT molecular complexity index is 1710. The lowest BCUT2D eigenvalue weighted by atomic mass is 10.1. The fraction of sp³-hybridized carbons (Fsp3) is 0.414. The van der Waals surface area contributed by atoms with E-state index in [0.29, 0.717) is 60.8 Å². The molecule has 0 unspecified atom stereocenters. The van der Waals surface area contributed by atoms with E-state index in [4.69, 9.17) is 10.4 Å². The Morgan fingerprint density at radius 3 is 2.48 bits per heavy atom. The van der Waals surface area contributed by atoms with Crippen LogP contribution in [0.2, 0.25) is 0 Å². The van der Waals surface area contributed by atoms with E-state index in [9.17, 15) is 14.4 Å². The molecule has 2 fully saturated rings. The predicted molar refractivity (Wildman–Crippen MR) is 156 cm³/mol. The number of rotatable bonds is 6. The van der Waals surface area contributed by atoms with Crippen LogP contribution in [0, 0.1) is 5.41 Å². The highest BCUT2D eigenvalue weighted by molar-refractivity contribution is 6.06. The van der Waals surface area contributed by atoms with E-state index in [0.717, 1.165) is 30.7 Å². The first kappa shape index (κ1) is 26.0. The molecule has 11 nitrogen and oxygen atoms in total. The quantitative estimate of drug-likeness (QED) is 0.359. The molecule has 2 N–H and O–H groups in total. The summed E-state index contributed by atoms with van der Waals surface area (Å²) in [5, 5.41) is 11.1. The molecule has 2 amide bonds. The van der Waals surface area contributed by atoms with Crippen molar-refractivity contribution in [3.05, 3.63) is 51.7 Å². The summed E-state index contributed by atoms with van der Waals surface area (Å²) in [5.74, 6) is 0.376. The summed E-state index contributed by atoms with van der Waals surface area (Å²) >= 11 is 0. The topological polar surface area (TPSA) is 119 Å². The number of aromatic nitrogens is 3. The first-order valence-corrected chi connectivity index (χ1v) is 13.9. The van der Waals surface area contributed by atoms with Gasteiger partial charge in [0, 0.05) is 59.5 Å². The van der Waals surface area contributed by atoms with Crippen molar-refractivity contribution in [2.45, 2.75) is 19.8 Å². The number of likely N-dealkylation sites (tertiary alicyclic amines) is 1. The van der Waals surface area contributed by atoms with Crippen molar-refractivity contribution in [2.24, 2.45) is 7.05 Å². The molecule has 0 aliphatic carbocycles. The molecule has 40 heavy (non-hydrogen) atoms. The van der Waals surface area contributed by atoms with Crippen molar-refractivity contribution < 1.29 is 9.59 Å². The molecule has 0 bridgehead atoms. The second-order valence-electron chi connectivity index (χ2n) is 10.7. The maximum atomic E-state index is 13.9. The number of aryl methyl sites for hydroxylation is 1. The van der Waals surface area contributed by atoms with Crippen LogP contribution >= 0.6 is 0 Å². The van der Waals surface area contributed by atoms with Gasteiger partial charge >= 0.3 is 0 Å². The summed E-state index contributed by atoms with van der Waals surface area (Å²) in [5.41, 5.74) is 2.97. The summed E-state index contributed by atoms with van der Waals surface area (Å²) in [4.78, 5) is 50.5. The summed E-state index contributed by atoms with van der Waals surface area (Å²) in [6, 6.07) is 9.21. The molecule has 4 aromatic rings. The number of piperazine rings is 1. The van der Waals surface area contributed by atoms with E-state index >= 15 is 0 Å². The summed E-state index contributed by atoms with van der Waals surface area (Å²) in [6.45, 7) is 7.37. The molecule has 3 aromatic heterocycles. The number of nitrogens with zero attached hydrogens (tertiary/aromatic N) is 6. The molecule has 6 rings (SSSR count). The fourth-order valence-corrected chi connectivity index (χ4v) is 6.04. The minimum atomic E-state index is -0.397. The number of benzene rings is 1. The molecule has 0 spiro atoms. The van der Waals surface area contributed by atoms with Crippen molar-refractivity contribution in [1.82, 2.24) is 29.1 Å². The van der Waals surface area contributed by atoms with Crippen molar-refractivity contribution >= 4 is 51.6 Å². The number of nitrogens with one attached hydrogen (secondary N) is 2. The Hall–Kier alpha value is -4.25. The highest BCUT2D eigenvalue weighted by Crippen LogP contribution is 2.28. The average molecular weight is 543 g/mol. The number of hydrogen-bond donors (Lipinski definition) is 2. The molecule has 0 saturated carbocycles. The first-order valence-electron chi connectivity index (χ1n) is 13.9. The zero-order valence-corrected chi connectivity index (χ0v) is 22.9. The number of anilines is 1. The average Bonchev–Trinajstić information content (AvgIpc) is 3.59. The van der Waals surface area contributed by atoms with Crippen LogP contribution in [0.4, 0.5) is 5.82 Å². The lowest BCUT2D eigenvalue weighted by Crippen LogP contribution is -2.48. The highest BCUT2D eigenvalue weighted by Gasteiger charge is 2.26. The molecule has 0 radical (unpaired) electrons. The van der Waals surface area contributed by atoms with E-state index in [-0.39, 0.29) is 16.9 Å². The second kappa shape index (κ2) is 10.4. The van der Waals surface area contributed by atoms with E-state index in [2.05, 4.69) is 15.1 Å². The van der Waals surface area contributed by atoms with Crippen molar-refractivity contribution in [3.8, 4) is 0 Å². The number of hydrogen-bond acceptors (Lipinski definition) is 7. The maximum Gasteiger partial charge on any atom is 0.259 e. The fourth-order valence-electron chi connectivity index (χ4n) is 6.04. The Morgan fingerprint density at radius 1 is 1.02 bits per heavy atom. The van der Waals surface area contributed by atoms with Crippen molar-refractivity contribution in [1.29, 1.82) is 5.41 Å². The van der Waals surface area contributed by atoms with Gasteiger partial charge in [0.2, 0.25) is 11.3 Å². The molecule has 0 atom stereocenters. The second-order valence-corrected chi connectivity index (χ2v) is 10.7. The molecule has 2 saturated heterocycles. The summed E-state index contributed by atoms with van der Waals surface area (Å²) in [7, 11) is 1.85. The largest absolute Gasteiger partial charge is 0.353 e. The number of amides is 2. The molecular formula is C29H34N8O3. The van der Waals surface area contributed by atoms with E-state index in [1.165, 1.54) is 19.1 Å². The van der Waals surface area contributed by atoms with Crippen LogP contribution < -0.4 is 15.6 Å². The molecule has 2 aliphatic rings. The van der Waals surface area contributed by atoms with E-state index in [1.54, 1.807) is 13.0 Å². The van der Waals surface area contributed by atoms with Gasteiger partial charge in [-0.25, -0.2) is 4.98 Å². The highest BCUT2D eigenvalue weighted by atomic mass is 16.2. The number of pyridine rings is 2. The Morgan fingerprint density at radius 2 is 1.77 bits per heavy atom. The summed E-state index contributed by atoms with van der Waals surface area (Å²) in [6.07, 6.45) is 3.63. The third-order valence-electron chi connectivity index (χ3n) is 8.25. The van der Waals surface area contributed by atoms with Gasteiger partial charge in [-0.2, -0.15) is 0 Å². The third-order valence-corrected chi connectivity index (χ3v) is 8.25. The number of fused-ring (bicyclic) bond motifs is 5. The standard InChI is InChI=1S/C29H34N8O3/c1-19(38)35-13-15-36(16-14-35)24-8-6-21-26(39)25(28(40)31-9-12-34-10-3-4-11-34)29-33(2)22-7-5-20(18-30)17-23(22)37(29)27(21)32-24/h5-8,17-18,30H,3-4,9-16H2,1-2H3,(H,31,40). The Labute approximate surface area is 231 Å². The maximum absolute atomic E-state index is 13.9. The molecule has 2 aliphatic heterocycles.